The van der Waals surface area contributed by atoms with Crippen molar-refractivity contribution in [3.63, 3.8) is 0 Å². The topological polar surface area (TPSA) is 134 Å². The van der Waals surface area contributed by atoms with Crippen LogP contribution in [0.1, 0.15) is 60.8 Å². The number of carbonyl (C=O) groups is 4. The number of carboxylic acid groups (broad SMARTS) is 1. The summed E-state index contributed by atoms with van der Waals surface area (Å²) in [6.07, 6.45) is 0.709. The van der Waals surface area contributed by atoms with E-state index in [-0.39, 0.29) is 18.2 Å². The molecule has 2 unspecified atom stereocenters. The number of hydrogen-bond donors (Lipinski definition) is 4. The van der Waals surface area contributed by atoms with Crippen LogP contribution in [0.25, 0.3) is 0 Å². The number of amides is 3. The third-order valence-electron chi connectivity index (χ3n) is 3.48. The molecule has 27 heavy (non-hydrogen) atoms. The number of unbranched alkanes of at least 4 members (excludes halogenated alkanes) is 1. The zero-order chi connectivity index (χ0) is 21.2. The van der Waals surface area contributed by atoms with E-state index in [9.17, 15) is 24.3 Å². The van der Waals surface area contributed by atoms with Gasteiger partial charge in [-0.2, -0.15) is 0 Å². The summed E-state index contributed by atoms with van der Waals surface area (Å²) >= 11 is 0. The van der Waals surface area contributed by atoms with Gasteiger partial charge in [-0.05, 0) is 47.0 Å². The first-order chi connectivity index (χ1) is 12.3. The summed E-state index contributed by atoms with van der Waals surface area (Å²) in [5.41, 5.74) is -0.579. The number of aliphatic carboxylic acids is 1. The molecule has 4 N–H and O–H groups in total. The minimum atomic E-state index is -1.15. The van der Waals surface area contributed by atoms with Crippen LogP contribution < -0.4 is 16.0 Å². The standard InChI is InChI=1S/C18H33N3O6/c1-11(2)14(22)20-12(3)15(23)21-13(16(24)25)9-7-8-10-19-17(26)27-18(4,5)6/h11-13H,7-10H2,1-6H3,(H,19,26)(H,20,22)(H,21,23)(H,24,25). The highest BCUT2D eigenvalue weighted by Gasteiger charge is 2.24. The smallest absolute Gasteiger partial charge is 0.407 e. The Bertz CT molecular complexity index is 528. The largest absolute Gasteiger partial charge is 0.480 e. The van der Waals surface area contributed by atoms with E-state index in [2.05, 4.69) is 16.0 Å². The second-order valence-electron chi connectivity index (χ2n) is 7.71. The number of carboxylic acids is 1. The van der Waals surface area contributed by atoms with Crippen molar-refractivity contribution in [1.29, 1.82) is 0 Å². The zero-order valence-electron chi connectivity index (χ0n) is 17.0. The van der Waals surface area contributed by atoms with Crippen molar-refractivity contribution in [1.82, 2.24) is 16.0 Å². The Kier molecular flexibility index (Phi) is 10.4. The first-order valence-electron chi connectivity index (χ1n) is 9.14. The molecule has 3 amide bonds. The van der Waals surface area contributed by atoms with Crippen molar-refractivity contribution in [3.8, 4) is 0 Å². The average molecular weight is 387 g/mol. The third-order valence-corrected chi connectivity index (χ3v) is 3.48. The monoisotopic (exact) mass is 387 g/mol. The zero-order valence-corrected chi connectivity index (χ0v) is 17.0. The summed E-state index contributed by atoms with van der Waals surface area (Å²) < 4.78 is 5.10. The Hall–Kier alpha value is -2.32. The van der Waals surface area contributed by atoms with Crippen molar-refractivity contribution in [2.24, 2.45) is 5.92 Å². The fourth-order valence-corrected chi connectivity index (χ4v) is 1.98. The number of rotatable bonds is 10. The lowest BCUT2D eigenvalue weighted by Crippen LogP contribution is -2.51. The maximum absolute atomic E-state index is 12.1. The lowest BCUT2D eigenvalue weighted by Gasteiger charge is -2.20. The predicted octanol–water partition coefficient (Wildman–Crippen LogP) is 1.41. The summed E-state index contributed by atoms with van der Waals surface area (Å²) in [6.45, 7) is 10.5. The molecule has 0 rings (SSSR count). The normalized spacial score (nSPS) is 13.4. The molecular formula is C18H33N3O6. The molecule has 0 aliphatic carbocycles. The van der Waals surface area contributed by atoms with E-state index in [4.69, 9.17) is 4.74 Å². The fourth-order valence-electron chi connectivity index (χ4n) is 1.98. The van der Waals surface area contributed by atoms with Gasteiger partial charge in [0, 0.05) is 12.5 Å². The molecule has 9 heteroatoms. The first kappa shape index (κ1) is 24.7. The fraction of sp³-hybridized carbons (Fsp3) is 0.778. The van der Waals surface area contributed by atoms with Crippen LogP contribution in [-0.4, -0.2) is 53.2 Å². The van der Waals surface area contributed by atoms with Crippen molar-refractivity contribution < 1.29 is 29.0 Å². The maximum atomic E-state index is 12.1. The third kappa shape index (κ3) is 11.8. The number of hydrogen-bond acceptors (Lipinski definition) is 5. The Morgan fingerprint density at radius 2 is 1.56 bits per heavy atom. The molecule has 0 aromatic rings. The van der Waals surface area contributed by atoms with Gasteiger partial charge in [0.25, 0.3) is 0 Å². The minimum Gasteiger partial charge on any atom is -0.480 e. The lowest BCUT2D eigenvalue weighted by molar-refractivity contribution is -0.142. The number of ether oxygens (including phenoxy) is 1. The van der Waals surface area contributed by atoms with Gasteiger partial charge in [0.2, 0.25) is 11.8 Å². The van der Waals surface area contributed by atoms with Crippen molar-refractivity contribution in [2.45, 2.75) is 78.5 Å². The van der Waals surface area contributed by atoms with Crippen LogP contribution in [0.4, 0.5) is 4.79 Å². The van der Waals surface area contributed by atoms with Gasteiger partial charge in [-0.15, -0.1) is 0 Å². The summed E-state index contributed by atoms with van der Waals surface area (Å²) in [5.74, 6) is -2.25. The summed E-state index contributed by atoms with van der Waals surface area (Å²) in [4.78, 5) is 46.5. The molecule has 0 saturated heterocycles. The number of carbonyl (C=O) groups excluding carboxylic acids is 3. The van der Waals surface area contributed by atoms with E-state index in [1.807, 2.05) is 0 Å². The number of nitrogens with one attached hydrogen (secondary N) is 3. The van der Waals surface area contributed by atoms with Crippen LogP contribution in [0.2, 0.25) is 0 Å². The van der Waals surface area contributed by atoms with E-state index in [1.165, 1.54) is 6.92 Å². The van der Waals surface area contributed by atoms with E-state index in [1.54, 1.807) is 34.6 Å². The van der Waals surface area contributed by atoms with Crippen LogP contribution in [-0.2, 0) is 19.1 Å². The highest BCUT2D eigenvalue weighted by Crippen LogP contribution is 2.07. The molecule has 0 aromatic heterocycles. The lowest BCUT2D eigenvalue weighted by atomic mass is 10.1. The predicted molar refractivity (Wildman–Crippen MR) is 100 cm³/mol. The highest BCUT2D eigenvalue weighted by atomic mass is 16.6. The van der Waals surface area contributed by atoms with Gasteiger partial charge in [-0.25, -0.2) is 9.59 Å². The summed E-state index contributed by atoms with van der Waals surface area (Å²) in [7, 11) is 0. The first-order valence-corrected chi connectivity index (χ1v) is 9.14. The van der Waals surface area contributed by atoms with Gasteiger partial charge in [-0.1, -0.05) is 13.8 Å². The SMILES string of the molecule is CC(C)C(=O)NC(C)C(=O)NC(CCCCNC(=O)OC(C)(C)C)C(=O)O. The maximum Gasteiger partial charge on any atom is 0.407 e. The molecule has 0 aliphatic heterocycles. The van der Waals surface area contributed by atoms with E-state index < -0.39 is 35.7 Å². The van der Waals surface area contributed by atoms with E-state index in [0.717, 1.165) is 0 Å². The highest BCUT2D eigenvalue weighted by molar-refractivity contribution is 5.90. The Morgan fingerprint density at radius 1 is 0.963 bits per heavy atom. The van der Waals surface area contributed by atoms with Gasteiger partial charge < -0.3 is 25.8 Å². The summed E-state index contributed by atoms with van der Waals surface area (Å²) in [6, 6.07) is -1.88. The van der Waals surface area contributed by atoms with Gasteiger partial charge in [0.15, 0.2) is 0 Å². The molecule has 0 heterocycles. The Labute approximate surface area is 160 Å². The summed E-state index contributed by atoms with van der Waals surface area (Å²) in [5, 5.41) is 16.8. The van der Waals surface area contributed by atoms with Gasteiger partial charge >= 0.3 is 12.1 Å². The molecule has 0 spiro atoms. The molecule has 0 fully saturated rings. The van der Waals surface area contributed by atoms with E-state index in [0.29, 0.717) is 19.4 Å². The van der Waals surface area contributed by atoms with Gasteiger partial charge in [0.05, 0.1) is 0 Å². The van der Waals surface area contributed by atoms with E-state index >= 15 is 0 Å². The van der Waals surface area contributed by atoms with Gasteiger partial charge in [-0.3, -0.25) is 9.59 Å². The van der Waals surface area contributed by atoms with Crippen LogP contribution in [0, 0.1) is 5.92 Å². The van der Waals surface area contributed by atoms with Crippen molar-refractivity contribution >= 4 is 23.9 Å². The number of alkyl carbamates (subject to hydrolysis) is 1. The molecule has 9 nitrogen and oxygen atoms in total. The molecule has 0 radical (unpaired) electrons. The molecule has 2 atom stereocenters. The molecule has 0 bridgehead atoms. The van der Waals surface area contributed by atoms with Crippen LogP contribution in [0.3, 0.4) is 0 Å². The van der Waals surface area contributed by atoms with Crippen molar-refractivity contribution in [2.75, 3.05) is 6.54 Å². The second kappa shape index (κ2) is 11.4. The molecule has 156 valence electrons. The minimum absolute atomic E-state index is 0.210. The molecule has 0 aromatic carbocycles. The van der Waals surface area contributed by atoms with Gasteiger partial charge in [0.1, 0.15) is 17.7 Å². The Balaban J connectivity index is 4.27. The van der Waals surface area contributed by atoms with Crippen LogP contribution in [0.5, 0.6) is 0 Å². The molecule has 0 saturated carbocycles. The van der Waals surface area contributed by atoms with Crippen molar-refractivity contribution in [3.05, 3.63) is 0 Å². The second-order valence-corrected chi connectivity index (χ2v) is 7.71. The molecule has 0 aliphatic rings. The van der Waals surface area contributed by atoms with Crippen LogP contribution in [0.15, 0.2) is 0 Å². The average Bonchev–Trinajstić information content (AvgIpc) is 2.50. The Morgan fingerprint density at radius 3 is 2.04 bits per heavy atom. The van der Waals surface area contributed by atoms with Crippen LogP contribution >= 0.6 is 0 Å². The quantitative estimate of drug-likeness (QED) is 0.419. The molecular weight excluding hydrogens is 354 g/mol.